The zero-order valence-electron chi connectivity index (χ0n) is 20.6. The van der Waals surface area contributed by atoms with Crippen LogP contribution in [0.5, 0.6) is 11.5 Å². The number of aliphatic imine (C=N–C) groups is 1. The van der Waals surface area contributed by atoms with Crippen molar-refractivity contribution in [3.63, 3.8) is 0 Å². The predicted molar refractivity (Wildman–Crippen MR) is 144 cm³/mol. The second kappa shape index (κ2) is 12.4. The number of amidine groups is 1. The van der Waals surface area contributed by atoms with Crippen molar-refractivity contribution < 1.29 is 23.5 Å². The van der Waals surface area contributed by atoms with Gasteiger partial charge >= 0.3 is 0 Å². The van der Waals surface area contributed by atoms with E-state index in [4.69, 9.17) is 9.47 Å². The molecule has 4 rings (SSSR count). The second-order valence-electron chi connectivity index (χ2n) is 8.25. The minimum atomic E-state index is -0.663. The molecule has 0 radical (unpaired) electrons. The summed E-state index contributed by atoms with van der Waals surface area (Å²) in [5.41, 5.74) is 1.77. The van der Waals surface area contributed by atoms with Gasteiger partial charge in [0.05, 0.1) is 13.7 Å². The number of hydrogen-bond donors (Lipinski definition) is 1. The monoisotopic (exact) mass is 521 g/mol. The maximum Gasteiger partial charge on any atom is 0.242 e. The summed E-state index contributed by atoms with van der Waals surface area (Å²) in [5, 5.41) is 2.54. The molecule has 7 nitrogen and oxygen atoms in total. The highest BCUT2D eigenvalue weighted by Gasteiger charge is 2.39. The van der Waals surface area contributed by atoms with Crippen molar-refractivity contribution in [2.24, 2.45) is 4.99 Å². The summed E-state index contributed by atoms with van der Waals surface area (Å²) in [4.78, 5) is 32.1. The van der Waals surface area contributed by atoms with E-state index in [-0.39, 0.29) is 23.9 Å². The lowest BCUT2D eigenvalue weighted by molar-refractivity contribution is -0.128. The Hall–Kier alpha value is -3.85. The van der Waals surface area contributed by atoms with Crippen molar-refractivity contribution >= 4 is 40.1 Å². The first-order valence-electron chi connectivity index (χ1n) is 11.9. The Balaban J connectivity index is 1.47. The van der Waals surface area contributed by atoms with Gasteiger partial charge in [0.1, 0.15) is 28.3 Å². The maximum atomic E-state index is 14.3. The van der Waals surface area contributed by atoms with E-state index in [9.17, 15) is 14.0 Å². The zero-order chi connectivity index (χ0) is 26.2. The van der Waals surface area contributed by atoms with E-state index >= 15 is 0 Å². The summed E-state index contributed by atoms with van der Waals surface area (Å²) in [7, 11) is 1.60. The fraction of sp³-hybridized carbons (Fsp3) is 0.250. The molecule has 1 saturated heterocycles. The van der Waals surface area contributed by atoms with Crippen LogP contribution in [0.3, 0.4) is 0 Å². The maximum absolute atomic E-state index is 14.3. The molecule has 37 heavy (non-hydrogen) atoms. The van der Waals surface area contributed by atoms with E-state index in [0.29, 0.717) is 36.2 Å². The molecule has 0 saturated carbocycles. The van der Waals surface area contributed by atoms with Gasteiger partial charge in [-0.2, -0.15) is 0 Å². The molecule has 3 aromatic carbocycles. The molecule has 2 amide bonds. The van der Waals surface area contributed by atoms with Crippen LogP contribution in [0.4, 0.5) is 15.8 Å². The quantitative estimate of drug-likeness (QED) is 0.385. The van der Waals surface area contributed by atoms with Crippen molar-refractivity contribution in [3.8, 4) is 11.5 Å². The van der Waals surface area contributed by atoms with Gasteiger partial charge in [0, 0.05) is 18.7 Å². The number of carbonyl (C=O) groups excluding carboxylic acids is 2. The van der Waals surface area contributed by atoms with Crippen LogP contribution in [-0.2, 0) is 16.0 Å². The third-order valence-corrected chi connectivity index (χ3v) is 6.87. The van der Waals surface area contributed by atoms with Crippen LogP contribution in [0.2, 0.25) is 0 Å². The number of benzene rings is 3. The van der Waals surface area contributed by atoms with Crippen LogP contribution < -0.4 is 14.8 Å². The van der Waals surface area contributed by atoms with Crippen LogP contribution in [0.15, 0.2) is 77.8 Å². The molecule has 0 aliphatic carbocycles. The third kappa shape index (κ3) is 6.89. The second-order valence-corrected chi connectivity index (χ2v) is 9.42. The van der Waals surface area contributed by atoms with Gasteiger partial charge < -0.3 is 14.8 Å². The van der Waals surface area contributed by atoms with Gasteiger partial charge in [-0.1, -0.05) is 36.0 Å². The molecule has 0 bridgehead atoms. The highest BCUT2D eigenvalue weighted by molar-refractivity contribution is 8.15. The number of hydrogen-bond acceptors (Lipinski definition) is 6. The topological polar surface area (TPSA) is 80.2 Å². The van der Waals surface area contributed by atoms with E-state index in [1.807, 2.05) is 31.2 Å². The smallest absolute Gasteiger partial charge is 0.242 e. The number of nitrogens with zero attached hydrogens (tertiary/aromatic N) is 2. The molecule has 192 valence electrons. The molecule has 1 heterocycles. The summed E-state index contributed by atoms with van der Waals surface area (Å²) in [5.74, 6) is 0.461. The average Bonchev–Trinajstić information content (AvgIpc) is 3.19. The molecule has 3 aromatic rings. The number of anilines is 1. The van der Waals surface area contributed by atoms with Gasteiger partial charge in [-0.05, 0) is 67.4 Å². The number of amides is 2. The first kappa shape index (κ1) is 26.2. The molecule has 0 aromatic heterocycles. The van der Waals surface area contributed by atoms with Gasteiger partial charge in [-0.3, -0.25) is 14.5 Å². The summed E-state index contributed by atoms with van der Waals surface area (Å²) >= 11 is 1.18. The van der Waals surface area contributed by atoms with Crippen molar-refractivity contribution in [1.29, 1.82) is 0 Å². The van der Waals surface area contributed by atoms with Crippen LogP contribution in [-0.4, -0.2) is 47.4 Å². The minimum Gasteiger partial charge on any atom is -0.497 e. The molecular weight excluding hydrogens is 493 g/mol. The Kier molecular flexibility index (Phi) is 8.79. The number of carbonyl (C=O) groups is 2. The summed E-state index contributed by atoms with van der Waals surface area (Å²) in [6.07, 6.45) is 0.531. The standard InChI is InChI=1S/C28H28FN3O4S/c1-3-36-22-14-10-20(11-15-22)30-26(33)18-25-27(34)32(17-16-19-8-12-21(35-2)13-9-19)28(37-25)31-24-7-5-4-6-23(24)29/h4-15,25H,3,16-18H2,1-2H3,(H,30,33)/t25-/m1/s1. The normalized spacial score (nSPS) is 16.2. The highest BCUT2D eigenvalue weighted by atomic mass is 32.2. The molecule has 0 spiro atoms. The number of rotatable bonds is 10. The number of ether oxygens (including phenoxy) is 2. The molecule has 1 fully saturated rings. The summed E-state index contributed by atoms with van der Waals surface area (Å²) in [6, 6.07) is 20.8. The summed E-state index contributed by atoms with van der Waals surface area (Å²) < 4.78 is 24.9. The third-order valence-electron chi connectivity index (χ3n) is 5.69. The van der Waals surface area contributed by atoms with Gasteiger partial charge in [0.2, 0.25) is 11.8 Å². The SMILES string of the molecule is CCOc1ccc(NC(=O)C[C@H]2SC(=Nc3ccccc3F)N(CCc3ccc(OC)cc3)C2=O)cc1. The molecular formula is C28H28FN3O4S. The highest BCUT2D eigenvalue weighted by Crippen LogP contribution is 2.33. The van der Waals surface area contributed by atoms with Gasteiger partial charge in [-0.15, -0.1) is 0 Å². The minimum absolute atomic E-state index is 0.0357. The Morgan fingerprint density at radius 1 is 1.05 bits per heavy atom. The zero-order valence-corrected chi connectivity index (χ0v) is 21.5. The van der Waals surface area contributed by atoms with Crippen LogP contribution in [0, 0.1) is 5.82 Å². The predicted octanol–water partition coefficient (Wildman–Crippen LogP) is 5.44. The lowest BCUT2D eigenvalue weighted by Gasteiger charge is -2.17. The van der Waals surface area contributed by atoms with E-state index in [1.54, 1.807) is 49.6 Å². The van der Waals surface area contributed by atoms with E-state index in [2.05, 4.69) is 10.3 Å². The van der Waals surface area contributed by atoms with E-state index in [1.165, 1.54) is 22.7 Å². The molecule has 1 aliphatic heterocycles. The number of methoxy groups -OCH3 is 1. The first-order chi connectivity index (χ1) is 18.0. The van der Waals surface area contributed by atoms with Crippen molar-refractivity contribution in [2.45, 2.75) is 25.0 Å². The van der Waals surface area contributed by atoms with Crippen LogP contribution in [0.1, 0.15) is 18.9 Å². The fourth-order valence-electron chi connectivity index (χ4n) is 3.79. The molecule has 0 unspecified atom stereocenters. The first-order valence-corrected chi connectivity index (χ1v) is 12.8. The van der Waals surface area contributed by atoms with E-state index < -0.39 is 11.1 Å². The molecule has 1 aliphatic rings. The van der Waals surface area contributed by atoms with Crippen molar-refractivity contribution in [3.05, 3.63) is 84.2 Å². The number of para-hydroxylation sites is 1. The Bertz CT molecular complexity index is 1270. The van der Waals surface area contributed by atoms with Gasteiger partial charge in [0.15, 0.2) is 5.17 Å². The van der Waals surface area contributed by atoms with Gasteiger partial charge in [0.25, 0.3) is 0 Å². The molecule has 1 N–H and O–H groups in total. The Morgan fingerprint density at radius 2 is 1.76 bits per heavy atom. The Morgan fingerprint density at radius 3 is 2.43 bits per heavy atom. The van der Waals surface area contributed by atoms with Crippen LogP contribution >= 0.6 is 11.8 Å². The lowest BCUT2D eigenvalue weighted by Crippen LogP contribution is -2.35. The summed E-state index contributed by atoms with van der Waals surface area (Å²) in [6.45, 7) is 2.80. The average molecular weight is 522 g/mol. The number of halogens is 1. The molecule has 9 heteroatoms. The van der Waals surface area contributed by atoms with E-state index in [0.717, 1.165) is 11.3 Å². The lowest BCUT2D eigenvalue weighted by atomic mass is 10.1. The molecule has 1 atom stereocenters. The Labute approximate surface area is 219 Å². The number of nitrogens with one attached hydrogen (secondary N) is 1. The van der Waals surface area contributed by atoms with Crippen molar-refractivity contribution in [1.82, 2.24) is 4.90 Å². The van der Waals surface area contributed by atoms with Crippen molar-refractivity contribution in [2.75, 3.05) is 25.6 Å². The van der Waals surface area contributed by atoms with Crippen LogP contribution in [0.25, 0.3) is 0 Å². The fourth-order valence-corrected chi connectivity index (χ4v) is 4.97. The largest absolute Gasteiger partial charge is 0.497 e. The number of thioether (sulfide) groups is 1. The van der Waals surface area contributed by atoms with Gasteiger partial charge in [-0.25, -0.2) is 9.38 Å².